The number of hydrogen-bond donors (Lipinski definition) is 1. The third-order valence-electron chi connectivity index (χ3n) is 4.37. The van der Waals surface area contributed by atoms with Crippen molar-refractivity contribution in [1.29, 1.82) is 0 Å². The molecule has 0 spiro atoms. The number of carbonyl (C=O) groups excluding carboxylic acids is 2. The van der Waals surface area contributed by atoms with Gasteiger partial charge < -0.3 is 10.2 Å². The van der Waals surface area contributed by atoms with E-state index in [1.807, 2.05) is 56.3 Å². The quantitative estimate of drug-likeness (QED) is 0.940. The summed E-state index contributed by atoms with van der Waals surface area (Å²) in [4.78, 5) is 26.4. The van der Waals surface area contributed by atoms with E-state index in [1.54, 1.807) is 4.90 Å². The Hall–Kier alpha value is -2.62. The lowest BCUT2D eigenvalue weighted by Crippen LogP contribution is -2.25. The monoisotopic (exact) mass is 308 g/mol. The van der Waals surface area contributed by atoms with Crippen molar-refractivity contribution in [1.82, 2.24) is 0 Å². The molecule has 0 radical (unpaired) electrons. The molecule has 4 nitrogen and oxygen atoms in total. The Balaban J connectivity index is 1.90. The van der Waals surface area contributed by atoms with Crippen LogP contribution in [0.2, 0.25) is 0 Å². The van der Waals surface area contributed by atoms with Gasteiger partial charge in [0.15, 0.2) is 0 Å². The molecule has 2 amide bonds. The largest absolute Gasteiger partial charge is 0.320 e. The molecular weight excluding hydrogens is 288 g/mol. The Morgan fingerprint density at radius 1 is 1.09 bits per heavy atom. The summed E-state index contributed by atoms with van der Waals surface area (Å²) < 4.78 is 0. The molecule has 4 heteroatoms. The number of rotatable bonds is 3. The molecule has 118 valence electrons. The van der Waals surface area contributed by atoms with Gasteiger partial charge in [0.05, 0.1) is 11.4 Å². The first kappa shape index (κ1) is 15.3. The Morgan fingerprint density at radius 3 is 2.61 bits per heavy atom. The Bertz CT molecular complexity index is 768. The average Bonchev–Trinajstić information content (AvgIpc) is 2.96. The maximum absolute atomic E-state index is 12.6. The highest BCUT2D eigenvalue weighted by atomic mass is 16.2. The van der Waals surface area contributed by atoms with Crippen LogP contribution in [0.5, 0.6) is 0 Å². The van der Waals surface area contributed by atoms with Crippen molar-refractivity contribution < 1.29 is 9.59 Å². The normalized spacial score (nSPS) is 14.2. The van der Waals surface area contributed by atoms with Gasteiger partial charge in [0, 0.05) is 18.5 Å². The number of nitrogens with zero attached hydrogens (tertiary/aromatic N) is 1. The topological polar surface area (TPSA) is 49.4 Å². The Labute approximate surface area is 136 Å². The first-order chi connectivity index (χ1) is 11.1. The van der Waals surface area contributed by atoms with Crippen LogP contribution in [-0.4, -0.2) is 18.4 Å². The van der Waals surface area contributed by atoms with E-state index in [9.17, 15) is 9.59 Å². The summed E-state index contributed by atoms with van der Waals surface area (Å²) in [5.74, 6) is -0.0382. The predicted octanol–water partition coefficient (Wildman–Crippen LogP) is 3.68. The van der Waals surface area contributed by atoms with E-state index in [1.165, 1.54) is 0 Å². The highest BCUT2D eigenvalue weighted by Crippen LogP contribution is 2.30. The number of aryl methyl sites for hydroxylation is 1. The van der Waals surface area contributed by atoms with Gasteiger partial charge in [0.25, 0.3) is 5.91 Å². The summed E-state index contributed by atoms with van der Waals surface area (Å²) in [6.07, 6.45) is 1.43. The lowest BCUT2D eigenvalue weighted by molar-refractivity contribution is -0.117. The fourth-order valence-electron chi connectivity index (χ4n) is 2.90. The lowest BCUT2D eigenvalue weighted by Gasteiger charge is -2.20. The van der Waals surface area contributed by atoms with Crippen LogP contribution in [0.3, 0.4) is 0 Å². The molecule has 0 aromatic heterocycles. The van der Waals surface area contributed by atoms with Crippen molar-refractivity contribution in [3.8, 4) is 0 Å². The fourth-order valence-corrected chi connectivity index (χ4v) is 2.90. The van der Waals surface area contributed by atoms with Gasteiger partial charge in [-0.1, -0.05) is 24.3 Å². The molecule has 1 saturated heterocycles. The van der Waals surface area contributed by atoms with Gasteiger partial charge in [-0.05, 0) is 49.6 Å². The van der Waals surface area contributed by atoms with Crippen molar-refractivity contribution in [2.45, 2.75) is 26.7 Å². The summed E-state index contributed by atoms with van der Waals surface area (Å²) in [5, 5.41) is 2.96. The molecule has 0 atom stereocenters. The van der Waals surface area contributed by atoms with Crippen LogP contribution < -0.4 is 10.2 Å². The fraction of sp³-hybridized carbons (Fsp3) is 0.263. The second-order valence-electron chi connectivity index (χ2n) is 5.87. The van der Waals surface area contributed by atoms with Crippen molar-refractivity contribution in [3.63, 3.8) is 0 Å². The van der Waals surface area contributed by atoms with E-state index >= 15 is 0 Å². The molecule has 1 aliphatic rings. The molecule has 1 heterocycles. The highest BCUT2D eigenvalue weighted by molar-refractivity contribution is 6.08. The van der Waals surface area contributed by atoms with E-state index < -0.39 is 0 Å². The smallest absolute Gasteiger partial charge is 0.255 e. The van der Waals surface area contributed by atoms with E-state index in [0.717, 1.165) is 23.2 Å². The molecule has 0 saturated carbocycles. The van der Waals surface area contributed by atoms with Gasteiger partial charge in [-0.2, -0.15) is 0 Å². The summed E-state index contributed by atoms with van der Waals surface area (Å²) in [5.41, 5.74) is 4.16. The van der Waals surface area contributed by atoms with Crippen molar-refractivity contribution in [3.05, 3.63) is 59.2 Å². The molecule has 2 aromatic carbocycles. The molecule has 0 unspecified atom stereocenters. The highest BCUT2D eigenvalue weighted by Gasteiger charge is 2.24. The molecule has 0 aliphatic carbocycles. The van der Waals surface area contributed by atoms with Crippen LogP contribution in [0.1, 0.15) is 34.3 Å². The molecule has 1 aliphatic heterocycles. The van der Waals surface area contributed by atoms with Crippen molar-refractivity contribution in [2.24, 2.45) is 0 Å². The van der Waals surface area contributed by atoms with Crippen LogP contribution >= 0.6 is 0 Å². The number of benzene rings is 2. The minimum atomic E-state index is -0.148. The van der Waals surface area contributed by atoms with Gasteiger partial charge in [0.2, 0.25) is 5.91 Å². The van der Waals surface area contributed by atoms with Gasteiger partial charge in [-0.3, -0.25) is 9.59 Å². The van der Waals surface area contributed by atoms with E-state index in [0.29, 0.717) is 24.2 Å². The van der Waals surface area contributed by atoms with E-state index in [-0.39, 0.29) is 11.8 Å². The molecular formula is C19H20N2O2. The van der Waals surface area contributed by atoms with E-state index in [2.05, 4.69) is 5.32 Å². The number of hydrogen-bond acceptors (Lipinski definition) is 2. The Morgan fingerprint density at radius 2 is 1.87 bits per heavy atom. The molecule has 3 rings (SSSR count). The van der Waals surface area contributed by atoms with Gasteiger partial charge in [-0.15, -0.1) is 0 Å². The lowest BCUT2D eigenvalue weighted by atomic mass is 10.0. The Kier molecular flexibility index (Phi) is 4.15. The predicted molar refractivity (Wildman–Crippen MR) is 91.9 cm³/mol. The number of carbonyl (C=O) groups is 2. The van der Waals surface area contributed by atoms with Gasteiger partial charge >= 0.3 is 0 Å². The first-order valence-corrected chi connectivity index (χ1v) is 7.85. The molecule has 0 bridgehead atoms. The maximum Gasteiger partial charge on any atom is 0.255 e. The second kappa shape index (κ2) is 6.24. The molecule has 2 aromatic rings. The minimum Gasteiger partial charge on any atom is -0.320 e. The maximum atomic E-state index is 12.6. The first-order valence-electron chi connectivity index (χ1n) is 7.85. The van der Waals surface area contributed by atoms with Crippen LogP contribution in [0, 0.1) is 13.8 Å². The molecule has 23 heavy (non-hydrogen) atoms. The van der Waals surface area contributed by atoms with Crippen LogP contribution in [-0.2, 0) is 4.79 Å². The number of amides is 2. The van der Waals surface area contributed by atoms with Crippen molar-refractivity contribution in [2.75, 3.05) is 16.8 Å². The summed E-state index contributed by atoms with van der Waals surface area (Å²) in [7, 11) is 0. The molecule has 1 N–H and O–H groups in total. The standard InChI is InChI=1S/C19H20N2O2/c1-13-7-5-8-15(14(13)2)19(23)20-16-9-3-4-10-17(16)21-12-6-11-18(21)22/h3-5,7-10H,6,11-12H2,1-2H3,(H,20,23). The second-order valence-corrected chi connectivity index (χ2v) is 5.87. The van der Waals surface area contributed by atoms with E-state index in [4.69, 9.17) is 0 Å². The van der Waals surface area contributed by atoms with Crippen LogP contribution in [0.15, 0.2) is 42.5 Å². The molecule has 1 fully saturated rings. The van der Waals surface area contributed by atoms with Crippen LogP contribution in [0.25, 0.3) is 0 Å². The zero-order valence-corrected chi connectivity index (χ0v) is 13.4. The summed E-state index contributed by atoms with van der Waals surface area (Å²) in [6, 6.07) is 13.2. The number of nitrogens with one attached hydrogen (secondary N) is 1. The zero-order chi connectivity index (χ0) is 16.4. The van der Waals surface area contributed by atoms with Crippen molar-refractivity contribution >= 4 is 23.2 Å². The number of para-hydroxylation sites is 2. The SMILES string of the molecule is Cc1cccc(C(=O)Nc2ccccc2N2CCCC2=O)c1C. The minimum absolute atomic E-state index is 0.110. The zero-order valence-electron chi connectivity index (χ0n) is 13.4. The summed E-state index contributed by atoms with van der Waals surface area (Å²) in [6.45, 7) is 4.64. The van der Waals surface area contributed by atoms with Gasteiger partial charge in [0.1, 0.15) is 0 Å². The average molecular weight is 308 g/mol. The number of anilines is 2. The third kappa shape index (κ3) is 2.97. The summed E-state index contributed by atoms with van der Waals surface area (Å²) >= 11 is 0. The third-order valence-corrected chi connectivity index (χ3v) is 4.37. The van der Waals surface area contributed by atoms with Gasteiger partial charge in [-0.25, -0.2) is 0 Å². The van der Waals surface area contributed by atoms with Crippen LogP contribution in [0.4, 0.5) is 11.4 Å².